The molecule has 1 saturated heterocycles. The molecule has 1 aromatic carbocycles. The molecule has 1 aromatic heterocycles. The van der Waals surface area contributed by atoms with Crippen LogP contribution in [0.15, 0.2) is 42.6 Å². The van der Waals surface area contributed by atoms with Gasteiger partial charge >= 0.3 is 5.97 Å². The maximum atomic E-state index is 11.2. The SMILES string of the molecule is O=C(O)C1CC(O)CN1Cc1ccn(-c2ccccc2)n1. The van der Waals surface area contributed by atoms with Gasteiger partial charge in [0.25, 0.3) is 0 Å². The fourth-order valence-electron chi connectivity index (χ4n) is 2.69. The first-order valence-corrected chi connectivity index (χ1v) is 6.88. The van der Waals surface area contributed by atoms with Crippen molar-refractivity contribution in [2.45, 2.75) is 25.1 Å². The van der Waals surface area contributed by atoms with Crippen molar-refractivity contribution < 1.29 is 15.0 Å². The van der Waals surface area contributed by atoms with E-state index >= 15 is 0 Å². The predicted molar refractivity (Wildman–Crippen MR) is 76.0 cm³/mol. The zero-order valence-corrected chi connectivity index (χ0v) is 11.5. The number of aliphatic hydroxyl groups is 1. The molecule has 0 amide bonds. The lowest BCUT2D eigenvalue weighted by molar-refractivity contribution is -0.142. The highest BCUT2D eigenvalue weighted by atomic mass is 16.4. The highest BCUT2D eigenvalue weighted by molar-refractivity contribution is 5.74. The van der Waals surface area contributed by atoms with E-state index in [2.05, 4.69) is 5.10 Å². The number of nitrogens with zero attached hydrogens (tertiary/aromatic N) is 3. The summed E-state index contributed by atoms with van der Waals surface area (Å²) in [5.41, 5.74) is 1.75. The molecule has 0 bridgehead atoms. The number of benzene rings is 1. The number of hydrogen-bond acceptors (Lipinski definition) is 4. The molecule has 110 valence electrons. The first kappa shape index (κ1) is 13.8. The minimum atomic E-state index is -0.894. The third kappa shape index (κ3) is 2.96. The van der Waals surface area contributed by atoms with Crippen LogP contribution in [0, 0.1) is 0 Å². The summed E-state index contributed by atoms with van der Waals surface area (Å²) in [7, 11) is 0. The monoisotopic (exact) mass is 287 g/mol. The Kier molecular flexibility index (Phi) is 3.72. The van der Waals surface area contributed by atoms with Gasteiger partial charge in [0.2, 0.25) is 0 Å². The number of aromatic nitrogens is 2. The molecule has 0 radical (unpaired) electrons. The molecule has 6 nitrogen and oxygen atoms in total. The summed E-state index contributed by atoms with van der Waals surface area (Å²) in [5.74, 6) is -0.894. The Morgan fingerprint density at radius 1 is 1.29 bits per heavy atom. The number of carbonyl (C=O) groups is 1. The molecule has 2 aromatic rings. The Morgan fingerprint density at radius 3 is 2.76 bits per heavy atom. The van der Waals surface area contributed by atoms with Crippen molar-refractivity contribution in [3.8, 4) is 5.69 Å². The summed E-state index contributed by atoms with van der Waals surface area (Å²) in [6.07, 6.45) is 1.55. The highest BCUT2D eigenvalue weighted by Crippen LogP contribution is 2.20. The van der Waals surface area contributed by atoms with Gasteiger partial charge in [0.15, 0.2) is 0 Å². The zero-order valence-electron chi connectivity index (χ0n) is 11.5. The van der Waals surface area contributed by atoms with Crippen molar-refractivity contribution >= 4 is 5.97 Å². The van der Waals surface area contributed by atoms with E-state index in [-0.39, 0.29) is 6.42 Å². The normalized spacial score (nSPS) is 22.5. The first-order chi connectivity index (χ1) is 10.1. The molecule has 6 heteroatoms. The minimum Gasteiger partial charge on any atom is -0.480 e. The van der Waals surface area contributed by atoms with Crippen molar-refractivity contribution in [2.75, 3.05) is 6.54 Å². The molecule has 0 aliphatic carbocycles. The van der Waals surface area contributed by atoms with Crippen LogP contribution in [0.4, 0.5) is 0 Å². The zero-order chi connectivity index (χ0) is 14.8. The molecular weight excluding hydrogens is 270 g/mol. The molecule has 2 atom stereocenters. The molecule has 0 spiro atoms. The number of β-amino-alcohol motifs (C(OH)–C–C–N with tert-alkyl or cyclic N) is 1. The molecule has 21 heavy (non-hydrogen) atoms. The van der Waals surface area contributed by atoms with Gasteiger partial charge in [-0.1, -0.05) is 18.2 Å². The predicted octanol–water partition coefficient (Wildman–Crippen LogP) is 0.892. The lowest BCUT2D eigenvalue weighted by Gasteiger charge is -2.19. The van der Waals surface area contributed by atoms with Gasteiger partial charge in [0, 0.05) is 25.7 Å². The first-order valence-electron chi connectivity index (χ1n) is 6.88. The Balaban J connectivity index is 1.74. The van der Waals surface area contributed by atoms with Gasteiger partial charge in [0.05, 0.1) is 17.5 Å². The van der Waals surface area contributed by atoms with E-state index in [0.29, 0.717) is 13.1 Å². The van der Waals surface area contributed by atoms with Gasteiger partial charge in [0.1, 0.15) is 6.04 Å². The van der Waals surface area contributed by atoms with Crippen molar-refractivity contribution in [3.05, 3.63) is 48.3 Å². The van der Waals surface area contributed by atoms with E-state index < -0.39 is 18.1 Å². The van der Waals surface area contributed by atoms with E-state index in [0.717, 1.165) is 11.4 Å². The van der Waals surface area contributed by atoms with E-state index in [1.165, 1.54) is 0 Å². The number of rotatable bonds is 4. The molecule has 1 aliphatic rings. The van der Waals surface area contributed by atoms with Gasteiger partial charge < -0.3 is 10.2 Å². The maximum absolute atomic E-state index is 11.2. The van der Waals surface area contributed by atoms with Crippen LogP contribution < -0.4 is 0 Å². The number of para-hydroxylation sites is 1. The van der Waals surface area contributed by atoms with Crippen molar-refractivity contribution in [1.82, 2.24) is 14.7 Å². The third-order valence-electron chi connectivity index (χ3n) is 3.70. The molecule has 2 unspecified atom stereocenters. The van der Waals surface area contributed by atoms with Crippen LogP contribution in [0.1, 0.15) is 12.1 Å². The number of carboxylic acid groups (broad SMARTS) is 1. The Labute approximate surface area is 122 Å². The van der Waals surface area contributed by atoms with Crippen molar-refractivity contribution in [3.63, 3.8) is 0 Å². The van der Waals surface area contributed by atoms with E-state index in [1.54, 1.807) is 9.58 Å². The largest absolute Gasteiger partial charge is 0.480 e. The average Bonchev–Trinajstić information content (AvgIpc) is 3.07. The summed E-state index contributed by atoms with van der Waals surface area (Å²) in [6.45, 7) is 0.795. The third-order valence-corrected chi connectivity index (χ3v) is 3.70. The molecular formula is C15H17N3O3. The van der Waals surface area contributed by atoms with Crippen LogP contribution in [0.3, 0.4) is 0 Å². The number of carboxylic acids is 1. The van der Waals surface area contributed by atoms with E-state index in [9.17, 15) is 15.0 Å². The van der Waals surface area contributed by atoms with Crippen LogP contribution in [-0.2, 0) is 11.3 Å². The smallest absolute Gasteiger partial charge is 0.321 e. The van der Waals surface area contributed by atoms with Crippen molar-refractivity contribution in [2.24, 2.45) is 0 Å². The van der Waals surface area contributed by atoms with Crippen LogP contribution in [-0.4, -0.2) is 49.6 Å². The van der Waals surface area contributed by atoms with Gasteiger partial charge in [-0.2, -0.15) is 5.10 Å². The number of aliphatic hydroxyl groups excluding tert-OH is 1. The fourth-order valence-corrected chi connectivity index (χ4v) is 2.69. The molecule has 0 saturated carbocycles. The molecule has 3 rings (SSSR count). The van der Waals surface area contributed by atoms with Crippen LogP contribution in [0.5, 0.6) is 0 Å². The number of aliphatic carboxylic acids is 1. The second-order valence-corrected chi connectivity index (χ2v) is 5.26. The van der Waals surface area contributed by atoms with Crippen LogP contribution in [0.2, 0.25) is 0 Å². The minimum absolute atomic E-state index is 0.273. The molecule has 1 aliphatic heterocycles. The fraction of sp³-hybridized carbons (Fsp3) is 0.333. The Morgan fingerprint density at radius 2 is 2.05 bits per heavy atom. The quantitative estimate of drug-likeness (QED) is 0.873. The summed E-state index contributed by atoms with van der Waals surface area (Å²) in [6, 6.07) is 11.0. The topological polar surface area (TPSA) is 78.6 Å². The lowest BCUT2D eigenvalue weighted by atomic mass is 10.2. The maximum Gasteiger partial charge on any atom is 0.321 e. The highest BCUT2D eigenvalue weighted by Gasteiger charge is 2.36. The van der Waals surface area contributed by atoms with Gasteiger partial charge in [-0.3, -0.25) is 9.69 Å². The summed E-state index contributed by atoms with van der Waals surface area (Å²) in [4.78, 5) is 13.0. The Hall–Kier alpha value is -2.18. The van der Waals surface area contributed by atoms with Crippen LogP contribution in [0.25, 0.3) is 5.69 Å². The average molecular weight is 287 g/mol. The molecule has 1 fully saturated rings. The second-order valence-electron chi connectivity index (χ2n) is 5.26. The molecule has 2 N–H and O–H groups in total. The Bertz CT molecular complexity index is 626. The lowest BCUT2D eigenvalue weighted by Crippen LogP contribution is -2.35. The standard InChI is InChI=1S/C15H17N3O3/c19-13-8-14(15(20)21)17(10-13)9-11-6-7-18(16-11)12-4-2-1-3-5-12/h1-7,13-14,19H,8-10H2,(H,20,21). The molecule has 2 heterocycles. The van der Waals surface area contributed by atoms with Crippen LogP contribution >= 0.6 is 0 Å². The van der Waals surface area contributed by atoms with E-state index in [1.807, 2.05) is 42.6 Å². The second kappa shape index (κ2) is 5.67. The van der Waals surface area contributed by atoms with Crippen molar-refractivity contribution in [1.29, 1.82) is 0 Å². The van der Waals surface area contributed by atoms with Gasteiger partial charge in [-0.25, -0.2) is 4.68 Å². The van der Waals surface area contributed by atoms with Gasteiger partial charge in [-0.15, -0.1) is 0 Å². The van der Waals surface area contributed by atoms with Gasteiger partial charge in [-0.05, 0) is 18.2 Å². The summed E-state index contributed by atoms with van der Waals surface area (Å²) in [5, 5.41) is 23.3. The summed E-state index contributed by atoms with van der Waals surface area (Å²) >= 11 is 0. The van der Waals surface area contributed by atoms with E-state index in [4.69, 9.17) is 0 Å². The number of likely N-dealkylation sites (tertiary alicyclic amines) is 1. The summed E-state index contributed by atoms with van der Waals surface area (Å²) < 4.78 is 1.76. The number of hydrogen-bond donors (Lipinski definition) is 2.